The van der Waals surface area contributed by atoms with Crippen LogP contribution in [0.1, 0.15) is 15.9 Å². The number of carbonyl (C=O) groups excluding carboxylic acids is 1. The molecular weight excluding hydrogens is 199 g/mol. The molecule has 0 spiro atoms. The number of ketones is 1. The van der Waals surface area contributed by atoms with Gasteiger partial charge in [0.1, 0.15) is 6.07 Å². The molecule has 2 N–H and O–H groups in total. The molecular formula is C10H9FN2O2. The zero-order chi connectivity index (χ0) is 11.4. The lowest BCUT2D eigenvalue weighted by Crippen LogP contribution is -2.18. The molecule has 0 aliphatic heterocycles. The SMILES string of the molecule is CNCC(=O)c1cc(F)c(O)c(C#N)c1. The maximum Gasteiger partial charge on any atom is 0.176 e. The van der Waals surface area contributed by atoms with Gasteiger partial charge in [-0.25, -0.2) is 4.39 Å². The maximum atomic E-state index is 13.1. The smallest absolute Gasteiger partial charge is 0.176 e. The second-order valence-corrected chi connectivity index (χ2v) is 2.92. The molecule has 4 nitrogen and oxygen atoms in total. The third kappa shape index (κ3) is 2.30. The first-order chi connectivity index (χ1) is 7.10. The Kier molecular flexibility index (Phi) is 3.37. The average Bonchev–Trinajstić information content (AvgIpc) is 2.22. The summed E-state index contributed by atoms with van der Waals surface area (Å²) in [6.45, 7) is 0.0507. The number of nitrogens with zero attached hydrogens (tertiary/aromatic N) is 1. The van der Waals surface area contributed by atoms with Gasteiger partial charge in [-0.15, -0.1) is 0 Å². The van der Waals surface area contributed by atoms with E-state index in [9.17, 15) is 9.18 Å². The van der Waals surface area contributed by atoms with Crippen LogP contribution < -0.4 is 5.32 Å². The van der Waals surface area contributed by atoms with Gasteiger partial charge in [0.05, 0.1) is 12.1 Å². The number of hydrogen-bond acceptors (Lipinski definition) is 4. The standard InChI is InChI=1S/C10H9FN2O2/c1-13-5-9(14)6-2-7(4-12)10(15)8(11)3-6/h2-3,13,15H,5H2,1H3. The number of nitrogens with one attached hydrogen (secondary N) is 1. The molecule has 0 heterocycles. The fourth-order valence-electron chi connectivity index (χ4n) is 1.11. The van der Waals surface area contributed by atoms with Gasteiger partial charge in [-0.2, -0.15) is 5.26 Å². The van der Waals surface area contributed by atoms with Crippen LogP contribution >= 0.6 is 0 Å². The van der Waals surface area contributed by atoms with Crippen molar-refractivity contribution in [3.8, 4) is 11.8 Å². The second-order valence-electron chi connectivity index (χ2n) is 2.92. The lowest BCUT2D eigenvalue weighted by molar-refractivity contribution is 0.0993. The van der Waals surface area contributed by atoms with Crippen LogP contribution in [0.15, 0.2) is 12.1 Å². The Morgan fingerprint density at radius 1 is 1.67 bits per heavy atom. The Morgan fingerprint density at radius 2 is 2.33 bits per heavy atom. The summed E-state index contributed by atoms with van der Waals surface area (Å²) in [4.78, 5) is 11.4. The number of Topliss-reactive ketones (excluding diaryl/α,β-unsaturated/α-hetero) is 1. The molecule has 5 heteroatoms. The van der Waals surface area contributed by atoms with E-state index in [0.717, 1.165) is 12.1 Å². The first-order valence-electron chi connectivity index (χ1n) is 4.20. The summed E-state index contributed by atoms with van der Waals surface area (Å²) in [5, 5.41) is 20.3. The molecule has 0 saturated carbocycles. The molecule has 0 bridgehead atoms. The molecule has 1 aromatic carbocycles. The third-order valence-corrected chi connectivity index (χ3v) is 1.84. The minimum absolute atomic E-state index is 0.0507. The zero-order valence-corrected chi connectivity index (χ0v) is 8.04. The van der Waals surface area contributed by atoms with Gasteiger partial charge in [0.2, 0.25) is 0 Å². The van der Waals surface area contributed by atoms with Crippen molar-refractivity contribution < 1.29 is 14.3 Å². The Balaban J connectivity index is 3.18. The van der Waals surface area contributed by atoms with Crippen LogP contribution in [0.3, 0.4) is 0 Å². The summed E-state index contributed by atoms with van der Waals surface area (Å²) in [5.74, 6) is -2.03. The topological polar surface area (TPSA) is 73.1 Å². The van der Waals surface area contributed by atoms with Crippen molar-refractivity contribution in [2.45, 2.75) is 0 Å². The van der Waals surface area contributed by atoms with E-state index in [1.165, 1.54) is 0 Å². The minimum Gasteiger partial charge on any atom is -0.504 e. The molecule has 0 unspecified atom stereocenters. The Hall–Kier alpha value is -1.93. The van der Waals surface area contributed by atoms with Crippen LogP contribution in [-0.2, 0) is 0 Å². The fourth-order valence-corrected chi connectivity index (χ4v) is 1.11. The van der Waals surface area contributed by atoms with E-state index < -0.39 is 11.6 Å². The number of carbonyl (C=O) groups is 1. The molecule has 0 aliphatic carbocycles. The van der Waals surface area contributed by atoms with Crippen LogP contribution in [0.2, 0.25) is 0 Å². The summed E-state index contributed by atoms with van der Waals surface area (Å²) < 4.78 is 13.1. The van der Waals surface area contributed by atoms with Gasteiger partial charge in [0.15, 0.2) is 17.3 Å². The maximum absolute atomic E-state index is 13.1. The normalized spacial score (nSPS) is 9.67. The van der Waals surface area contributed by atoms with E-state index in [4.69, 9.17) is 10.4 Å². The summed E-state index contributed by atoms with van der Waals surface area (Å²) in [6, 6.07) is 3.69. The third-order valence-electron chi connectivity index (χ3n) is 1.84. The number of nitriles is 1. The highest BCUT2D eigenvalue weighted by Crippen LogP contribution is 2.22. The van der Waals surface area contributed by atoms with Crippen LogP contribution in [0.25, 0.3) is 0 Å². The predicted octanol–water partition coefficient (Wildman–Crippen LogP) is 0.805. The summed E-state index contributed by atoms with van der Waals surface area (Å²) >= 11 is 0. The minimum atomic E-state index is -0.964. The zero-order valence-electron chi connectivity index (χ0n) is 8.04. The number of rotatable bonds is 3. The lowest BCUT2D eigenvalue weighted by atomic mass is 10.1. The number of phenols is 1. The molecule has 0 atom stereocenters. The van der Waals surface area contributed by atoms with Crippen molar-refractivity contribution in [2.24, 2.45) is 0 Å². The molecule has 0 aromatic heterocycles. The van der Waals surface area contributed by atoms with Crippen molar-refractivity contribution in [3.63, 3.8) is 0 Å². The largest absolute Gasteiger partial charge is 0.504 e. The van der Waals surface area contributed by atoms with Crippen molar-refractivity contribution >= 4 is 5.78 Å². The van der Waals surface area contributed by atoms with Gasteiger partial charge >= 0.3 is 0 Å². The lowest BCUT2D eigenvalue weighted by Gasteiger charge is -2.03. The fraction of sp³-hybridized carbons (Fsp3) is 0.200. The van der Waals surface area contributed by atoms with Gasteiger partial charge < -0.3 is 10.4 Å². The van der Waals surface area contributed by atoms with Crippen LogP contribution in [0.4, 0.5) is 4.39 Å². The van der Waals surface area contributed by atoms with Crippen LogP contribution in [0.5, 0.6) is 5.75 Å². The van der Waals surface area contributed by atoms with Gasteiger partial charge in [0, 0.05) is 5.56 Å². The highest BCUT2D eigenvalue weighted by atomic mass is 19.1. The monoisotopic (exact) mass is 208 g/mol. The first kappa shape index (κ1) is 11.1. The van der Waals surface area contributed by atoms with Gasteiger partial charge in [-0.05, 0) is 19.2 Å². The van der Waals surface area contributed by atoms with E-state index in [1.807, 2.05) is 0 Å². The molecule has 1 aromatic rings. The second kappa shape index (κ2) is 4.53. The number of likely N-dealkylation sites (N-methyl/N-ethyl adjacent to an activating group) is 1. The first-order valence-corrected chi connectivity index (χ1v) is 4.20. The predicted molar refractivity (Wildman–Crippen MR) is 51.0 cm³/mol. The molecule has 78 valence electrons. The Bertz CT molecular complexity index is 438. The summed E-state index contributed by atoms with van der Waals surface area (Å²) in [6.07, 6.45) is 0. The number of benzene rings is 1. The number of hydrogen-bond donors (Lipinski definition) is 2. The van der Waals surface area contributed by atoms with Crippen molar-refractivity contribution in [1.82, 2.24) is 5.32 Å². The highest BCUT2D eigenvalue weighted by molar-refractivity contribution is 5.98. The van der Waals surface area contributed by atoms with E-state index in [0.29, 0.717) is 0 Å². The van der Waals surface area contributed by atoms with Crippen LogP contribution in [0, 0.1) is 17.1 Å². The van der Waals surface area contributed by atoms with Gasteiger partial charge in [-0.3, -0.25) is 4.79 Å². The quantitative estimate of drug-likeness (QED) is 0.721. The van der Waals surface area contributed by atoms with Crippen molar-refractivity contribution in [1.29, 1.82) is 5.26 Å². The van der Waals surface area contributed by atoms with E-state index in [2.05, 4.69) is 5.32 Å². The molecule has 15 heavy (non-hydrogen) atoms. The molecule has 0 aliphatic rings. The van der Waals surface area contributed by atoms with E-state index in [1.54, 1.807) is 13.1 Å². The Morgan fingerprint density at radius 3 is 2.87 bits per heavy atom. The summed E-state index contributed by atoms with van der Waals surface area (Å²) in [7, 11) is 1.58. The Labute approximate surface area is 86.0 Å². The number of halogens is 1. The van der Waals surface area contributed by atoms with E-state index in [-0.39, 0.29) is 23.5 Å². The molecule has 1 rings (SSSR count). The van der Waals surface area contributed by atoms with Crippen molar-refractivity contribution in [3.05, 3.63) is 29.1 Å². The average molecular weight is 208 g/mol. The van der Waals surface area contributed by atoms with Gasteiger partial charge in [-0.1, -0.05) is 0 Å². The highest BCUT2D eigenvalue weighted by Gasteiger charge is 2.13. The van der Waals surface area contributed by atoms with E-state index >= 15 is 0 Å². The molecule has 0 radical (unpaired) electrons. The molecule has 0 saturated heterocycles. The number of phenolic OH excluding ortho intramolecular Hbond substituents is 1. The molecule has 0 fully saturated rings. The van der Waals surface area contributed by atoms with Crippen LogP contribution in [-0.4, -0.2) is 24.5 Å². The number of aromatic hydroxyl groups is 1. The summed E-state index contributed by atoms with van der Waals surface area (Å²) in [5.41, 5.74) is -0.175. The van der Waals surface area contributed by atoms with Gasteiger partial charge in [0.25, 0.3) is 0 Å². The molecule has 0 amide bonds. The van der Waals surface area contributed by atoms with Crippen molar-refractivity contribution in [2.75, 3.05) is 13.6 Å².